The normalized spacial score (nSPS) is 16.8. The highest BCUT2D eigenvalue weighted by Gasteiger charge is 2.21. The third-order valence-electron chi connectivity index (χ3n) is 3.88. The third-order valence-corrected chi connectivity index (χ3v) is 4.76. The zero-order valence-corrected chi connectivity index (χ0v) is 12.9. The van der Waals surface area contributed by atoms with Crippen LogP contribution in [-0.4, -0.2) is 41.5 Å². The number of nitrogens with one attached hydrogen (secondary N) is 1. The van der Waals surface area contributed by atoms with E-state index in [1.54, 1.807) is 11.3 Å². The number of amides is 1. The maximum absolute atomic E-state index is 11.9. The zero-order chi connectivity index (χ0) is 15.1. The minimum atomic E-state index is -0.717. The molecule has 116 valence electrons. The number of carboxylic acid groups (broad SMARTS) is 1. The first-order chi connectivity index (χ1) is 10.1. The summed E-state index contributed by atoms with van der Waals surface area (Å²) in [4.78, 5) is 25.8. The molecule has 1 saturated heterocycles. The molecule has 2 heterocycles. The Bertz CT molecular complexity index is 453. The number of hydrogen-bond donors (Lipinski definition) is 2. The average Bonchev–Trinajstić information content (AvgIpc) is 2.98. The maximum atomic E-state index is 11.9. The van der Waals surface area contributed by atoms with E-state index in [2.05, 4.69) is 10.2 Å². The van der Waals surface area contributed by atoms with Crippen molar-refractivity contribution in [3.05, 3.63) is 22.4 Å². The number of hydrogen-bond acceptors (Lipinski definition) is 4. The van der Waals surface area contributed by atoms with Gasteiger partial charge >= 0.3 is 5.97 Å². The molecule has 5 nitrogen and oxygen atoms in total. The molecule has 1 amide bonds. The number of carbonyl (C=O) groups excluding carboxylic acids is 1. The standard InChI is InChI=1S/C15H22N2O3S/c18-14(16-10-13-2-1-9-21-13)11-17-7-5-12(6-8-17)3-4-15(19)20/h1-2,9,12H,3-8,10-11H2,(H,16,18)(H,19,20). The van der Waals surface area contributed by atoms with Crippen LogP contribution in [0.3, 0.4) is 0 Å². The first kappa shape index (κ1) is 16.0. The second-order valence-electron chi connectivity index (χ2n) is 5.51. The lowest BCUT2D eigenvalue weighted by Crippen LogP contribution is -2.41. The number of piperidine rings is 1. The third kappa shape index (κ3) is 5.85. The molecule has 0 unspecified atom stereocenters. The Morgan fingerprint density at radius 2 is 2.14 bits per heavy atom. The van der Waals surface area contributed by atoms with Crippen LogP contribution in [0.2, 0.25) is 0 Å². The van der Waals surface area contributed by atoms with Crippen molar-refractivity contribution < 1.29 is 14.7 Å². The Kier molecular flexibility index (Phi) is 6.20. The lowest BCUT2D eigenvalue weighted by atomic mass is 9.92. The Morgan fingerprint density at radius 1 is 1.38 bits per heavy atom. The van der Waals surface area contributed by atoms with Crippen LogP contribution in [0.25, 0.3) is 0 Å². The van der Waals surface area contributed by atoms with Gasteiger partial charge in [0.15, 0.2) is 0 Å². The smallest absolute Gasteiger partial charge is 0.303 e. The van der Waals surface area contributed by atoms with Crippen molar-refractivity contribution in [3.63, 3.8) is 0 Å². The second-order valence-corrected chi connectivity index (χ2v) is 6.54. The molecule has 21 heavy (non-hydrogen) atoms. The monoisotopic (exact) mass is 310 g/mol. The summed E-state index contributed by atoms with van der Waals surface area (Å²) in [5.41, 5.74) is 0. The highest BCUT2D eigenvalue weighted by Crippen LogP contribution is 2.21. The van der Waals surface area contributed by atoms with Gasteiger partial charge in [0, 0.05) is 11.3 Å². The molecule has 1 aromatic heterocycles. The van der Waals surface area contributed by atoms with E-state index in [4.69, 9.17) is 5.11 Å². The highest BCUT2D eigenvalue weighted by atomic mass is 32.1. The Morgan fingerprint density at radius 3 is 2.76 bits per heavy atom. The van der Waals surface area contributed by atoms with E-state index in [1.165, 1.54) is 0 Å². The Hall–Kier alpha value is -1.40. The predicted octanol–water partition coefficient (Wildman–Crippen LogP) is 1.94. The summed E-state index contributed by atoms with van der Waals surface area (Å²) in [6, 6.07) is 3.99. The van der Waals surface area contributed by atoms with Crippen LogP contribution in [0.4, 0.5) is 0 Å². The molecule has 0 spiro atoms. The van der Waals surface area contributed by atoms with E-state index in [1.807, 2.05) is 17.5 Å². The van der Waals surface area contributed by atoms with Gasteiger partial charge in [-0.2, -0.15) is 0 Å². The molecule has 6 heteroatoms. The fourth-order valence-corrected chi connectivity index (χ4v) is 3.26. The molecule has 2 rings (SSSR count). The number of thiophene rings is 1. The number of aliphatic carboxylic acids is 1. The Balaban J connectivity index is 1.61. The summed E-state index contributed by atoms with van der Waals surface area (Å²) in [6.07, 6.45) is 3.00. The molecule has 0 saturated carbocycles. The van der Waals surface area contributed by atoms with Crippen LogP contribution in [0.15, 0.2) is 17.5 Å². The number of nitrogens with zero attached hydrogens (tertiary/aromatic N) is 1. The molecule has 0 aliphatic carbocycles. The Labute approximate surface area is 129 Å². The van der Waals surface area contributed by atoms with E-state index >= 15 is 0 Å². The van der Waals surface area contributed by atoms with E-state index in [0.29, 0.717) is 19.0 Å². The van der Waals surface area contributed by atoms with E-state index < -0.39 is 5.97 Å². The molecular weight excluding hydrogens is 288 g/mol. The first-order valence-electron chi connectivity index (χ1n) is 7.36. The van der Waals surface area contributed by atoms with Gasteiger partial charge in [-0.3, -0.25) is 14.5 Å². The number of carbonyl (C=O) groups is 2. The van der Waals surface area contributed by atoms with Crippen molar-refractivity contribution in [2.75, 3.05) is 19.6 Å². The van der Waals surface area contributed by atoms with E-state index in [-0.39, 0.29) is 12.3 Å². The van der Waals surface area contributed by atoms with Gasteiger partial charge in [0.1, 0.15) is 0 Å². The van der Waals surface area contributed by atoms with Crippen LogP contribution in [-0.2, 0) is 16.1 Å². The predicted molar refractivity (Wildman–Crippen MR) is 82.2 cm³/mol. The summed E-state index contributed by atoms with van der Waals surface area (Å²) in [6.45, 7) is 2.82. The van der Waals surface area contributed by atoms with Crippen molar-refractivity contribution in [1.29, 1.82) is 0 Å². The topological polar surface area (TPSA) is 69.6 Å². The largest absolute Gasteiger partial charge is 0.481 e. The minimum Gasteiger partial charge on any atom is -0.481 e. The highest BCUT2D eigenvalue weighted by molar-refractivity contribution is 7.09. The lowest BCUT2D eigenvalue weighted by Gasteiger charge is -2.31. The van der Waals surface area contributed by atoms with Crippen molar-refractivity contribution in [2.24, 2.45) is 5.92 Å². The molecule has 0 atom stereocenters. The van der Waals surface area contributed by atoms with Crippen LogP contribution in [0, 0.1) is 5.92 Å². The summed E-state index contributed by atoms with van der Waals surface area (Å²) < 4.78 is 0. The van der Waals surface area contributed by atoms with E-state index in [9.17, 15) is 9.59 Å². The summed E-state index contributed by atoms with van der Waals surface area (Å²) in [7, 11) is 0. The van der Waals surface area contributed by atoms with Gasteiger partial charge in [0.25, 0.3) is 0 Å². The van der Waals surface area contributed by atoms with Gasteiger partial charge in [0.2, 0.25) is 5.91 Å². The van der Waals surface area contributed by atoms with Gasteiger partial charge in [-0.15, -0.1) is 11.3 Å². The zero-order valence-electron chi connectivity index (χ0n) is 12.1. The average molecular weight is 310 g/mol. The molecule has 0 bridgehead atoms. The van der Waals surface area contributed by atoms with Crippen LogP contribution >= 0.6 is 11.3 Å². The first-order valence-corrected chi connectivity index (χ1v) is 8.24. The maximum Gasteiger partial charge on any atom is 0.303 e. The van der Waals surface area contributed by atoms with Crippen LogP contribution in [0.1, 0.15) is 30.6 Å². The van der Waals surface area contributed by atoms with Gasteiger partial charge in [-0.25, -0.2) is 0 Å². The summed E-state index contributed by atoms with van der Waals surface area (Å²) >= 11 is 1.64. The molecule has 1 aliphatic heterocycles. The molecule has 1 fully saturated rings. The van der Waals surface area contributed by atoms with Gasteiger partial charge in [-0.05, 0) is 49.7 Å². The van der Waals surface area contributed by atoms with Gasteiger partial charge in [-0.1, -0.05) is 6.07 Å². The lowest BCUT2D eigenvalue weighted by molar-refractivity contribution is -0.137. The SMILES string of the molecule is O=C(O)CCC1CCN(CC(=O)NCc2cccs2)CC1. The molecule has 0 aromatic carbocycles. The van der Waals surface area contributed by atoms with E-state index in [0.717, 1.165) is 37.2 Å². The molecule has 2 N–H and O–H groups in total. The fraction of sp³-hybridized carbons (Fsp3) is 0.600. The molecule has 1 aromatic rings. The number of likely N-dealkylation sites (tertiary alicyclic amines) is 1. The van der Waals surface area contributed by atoms with Gasteiger partial charge < -0.3 is 10.4 Å². The van der Waals surface area contributed by atoms with Crippen LogP contribution < -0.4 is 5.32 Å². The fourth-order valence-electron chi connectivity index (χ4n) is 2.62. The summed E-state index contributed by atoms with van der Waals surface area (Å²) in [5.74, 6) is -0.163. The number of rotatable bonds is 7. The van der Waals surface area contributed by atoms with Crippen molar-refractivity contribution in [2.45, 2.75) is 32.2 Å². The quantitative estimate of drug-likeness (QED) is 0.807. The second kappa shape index (κ2) is 8.14. The molecule has 0 radical (unpaired) electrons. The van der Waals surface area contributed by atoms with Gasteiger partial charge in [0.05, 0.1) is 13.1 Å². The minimum absolute atomic E-state index is 0.0624. The molecule has 1 aliphatic rings. The van der Waals surface area contributed by atoms with Crippen molar-refractivity contribution >= 4 is 23.2 Å². The van der Waals surface area contributed by atoms with Crippen molar-refractivity contribution in [1.82, 2.24) is 10.2 Å². The van der Waals surface area contributed by atoms with Crippen LogP contribution in [0.5, 0.6) is 0 Å². The summed E-state index contributed by atoms with van der Waals surface area (Å²) in [5, 5.41) is 13.6. The van der Waals surface area contributed by atoms with Crippen molar-refractivity contribution in [3.8, 4) is 0 Å². The molecular formula is C15H22N2O3S. The number of carboxylic acids is 1.